The molecule has 370 valence electrons. The van der Waals surface area contributed by atoms with Crippen molar-refractivity contribution in [3.63, 3.8) is 0 Å². The van der Waals surface area contributed by atoms with Gasteiger partial charge in [-0.2, -0.15) is 0 Å². The standard InChI is InChI=1S/C46H69N8O12P/c1-31(2)26-37(50-46(61)40-20-14-23-54(40)33(4)56)43(58)49-38(27-35-28-48-30-53(35)22-13-8-6-5-7-10-16-34-17-11-9-12-18-34)44(59)51-39(29-55)45(60)52-41(42(47)57)32(3)66-67(62,63)65-25-21-36-19-15-24-64-36/h9,11-12,15,17-19,24,28,30-32,37-41,55H,5-8,10,13-14,16,20-23,25-27,29H2,1-4H3,(H2,47,57)(H,49,58)(H,50,61)(H,51,59)(H,52,60)(H,62,63). The molecule has 0 radical (unpaired) electrons. The molecule has 3 aromatic rings. The number of aromatic nitrogens is 2. The van der Waals surface area contributed by atoms with Crippen LogP contribution < -0.4 is 27.0 Å². The van der Waals surface area contributed by atoms with Gasteiger partial charge >= 0.3 is 7.82 Å². The third kappa shape index (κ3) is 18.3. The maximum atomic E-state index is 14.2. The highest BCUT2D eigenvalue weighted by Gasteiger charge is 2.38. The van der Waals surface area contributed by atoms with E-state index in [0.29, 0.717) is 37.4 Å². The van der Waals surface area contributed by atoms with Crippen LogP contribution in [0.1, 0.15) is 102 Å². The number of hydrogen-bond acceptors (Lipinski definition) is 12. The third-order valence-electron chi connectivity index (χ3n) is 11.5. The smallest absolute Gasteiger partial charge is 0.469 e. The summed E-state index contributed by atoms with van der Waals surface area (Å²) in [5.41, 5.74) is 7.45. The fraction of sp³-hybridized carbons (Fsp3) is 0.587. The Bertz CT molecular complexity index is 2080. The summed E-state index contributed by atoms with van der Waals surface area (Å²) < 4.78 is 29.8. The van der Waals surface area contributed by atoms with Gasteiger partial charge in [0.25, 0.3) is 0 Å². The van der Waals surface area contributed by atoms with E-state index in [4.69, 9.17) is 19.2 Å². The molecule has 1 aliphatic rings. The van der Waals surface area contributed by atoms with Crippen molar-refractivity contribution in [3.05, 3.63) is 78.3 Å². The van der Waals surface area contributed by atoms with Crippen molar-refractivity contribution in [1.29, 1.82) is 0 Å². The Balaban J connectivity index is 1.45. The van der Waals surface area contributed by atoms with Crippen LogP contribution >= 0.6 is 7.82 Å². The highest BCUT2D eigenvalue weighted by Crippen LogP contribution is 2.45. The van der Waals surface area contributed by atoms with E-state index in [-0.39, 0.29) is 37.7 Å². The molecule has 67 heavy (non-hydrogen) atoms. The number of phosphoric acid groups is 1. The molecule has 1 aliphatic heterocycles. The summed E-state index contributed by atoms with van der Waals surface area (Å²) in [5, 5.41) is 20.6. The number of carbonyl (C=O) groups excluding carboxylic acids is 6. The number of aliphatic hydroxyl groups is 1. The topological polar surface area (TPSA) is 287 Å². The van der Waals surface area contributed by atoms with Crippen molar-refractivity contribution in [2.24, 2.45) is 11.7 Å². The van der Waals surface area contributed by atoms with E-state index in [1.54, 1.807) is 24.7 Å². The van der Waals surface area contributed by atoms with Crippen molar-refractivity contribution in [3.8, 4) is 0 Å². The van der Waals surface area contributed by atoms with Gasteiger partial charge in [-0.1, -0.05) is 69.9 Å². The molecule has 0 saturated carbocycles. The first kappa shape index (κ1) is 54.2. The van der Waals surface area contributed by atoms with E-state index >= 15 is 0 Å². The van der Waals surface area contributed by atoms with Gasteiger partial charge in [0.15, 0.2) is 0 Å². The van der Waals surface area contributed by atoms with Gasteiger partial charge in [-0.15, -0.1) is 0 Å². The van der Waals surface area contributed by atoms with Gasteiger partial charge in [0.1, 0.15) is 36.0 Å². The molecule has 8 N–H and O–H groups in total. The quantitative estimate of drug-likeness (QED) is 0.0374. The van der Waals surface area contributed by atoms with Crippen LogP contribution in [0.25, 0.3) is 0 Å². The van der Waals surface area contributed by atoms with Crippen molar-refractivity contribution in [2.45, 2.75) is 148 Å². The fourth-order valence-electron chi connectivity index (χ4n) is 7.92. The summed E-state index contributed by atoms with van der Waals surface area (Å²) >= 11 is 0. The largest absolute Gasteiger partial charge is 0.472 e. The molecule has 6 amide bonds. The number of aryl methyl sites for hydroxylation is 2. The molecule has 3 heterocycles. The van der Waals surface area contributed by atoms with E-state index in [0.717, 1.165) is 44.9 Å². The molecule has 1 fully saturated rings. The Kier molecular flexibility index (Phi) is 22.2. The van der Waals surface area contributed by atoms with Crippen molar-refractivity contribution in [2.75, 3.05) is 19.8 Å². The van der Waals surface area contributed by atoms with Crippen molar-refractivity contribution < 1.29 is 56.8 Å². The van der Waals surface area contributed by atoms with E-state index in [1.807, 2.05) is 36.6 Å². The van der Waals surface area contributed by atoms with Gasteiger partial charge in [0.2, 0.25) is 35.4 Å². The lowest BCUT2D eigenvalue weighted by Crippen LogP contribution is -2.61. The second kappa shape index (κ2) is 27.4. The molecular formula is C46H69N8O12P. The molecule has 21 heteroatoms. The molecule has 20 nitrogen and oxygen atoms in total. The molecule has 1 saturated heterocycles. The van der Waals surface area contributed by atoms with Gasteiger partial charge < -0.3 is 50.9 Å². The minimum atomic E-state index is -4.79. The number of nitrogens with two attached hydrogens (primary N) is 1. The first-order valence-electron chi connectivity index (χ1n) is 23.1. The van der Waals surface area contributed by atoms with Crippen LogP contribution in [0.2, 0.25) is 0 Å². The van der Waals surface area contributed by atoms with Crippen LogP contribution in [0.15, 0.2) is 65.7 Å². The average Bonchev–Trinajstić information content (AvgIpc) is 4.08. The van der Waals surface area contributed by atoms with Crippen LogP contribution in [-0.4, -0.2) is 116 Å². The fourth-order valence-corrected chi connectivity index (χ4v) is 8.84. The monoisotopic (exact) mass is 956 g/mol. The molecule has 2 aromatic heterocycles. The summed E-state index contributed by atoms with van der Waals surface area (Å²) in [7, 11) is -4.79. The number of nitrogens with zero attached hydrogens (tertiary/aromatic N) is 3. The maximum absolute atomic E-state index is 14.2. The van der Waals surface area contributed by atoms with Crippen LogP contribution in [0, 0.1) is 5.92 Å². The molecule has 7 unspecified atom stereocenters. The molecule has 0 spiro atoms. The summed E-state index contributed by atoms with van der Waals surface area (Å²) in [6.45, 7) is 6.03. The number of imidazole rings is 1. The molecule has 4 rings (SSSR count). The number of unbranched alkanes of at least 4 members (excludes halogenated alkanes) is 5. The van der Waals surface area contributed by atoms with E-state index < -0.39 is 80.3 Å². The zero-order valence-electron chi connectivity index (χ0n) is 39.0. The first-order chi connectivity index (χ1) is 32.0. The minimum absolute atomic E-state index is 0.0822. The number of carbonyl (C=O) groups is 6. The van der Waals surface area contributed by atoms with E-state index in [2.05, 4.69) is 38.4 Å². The SMILES string of the molecule is CC(=O)N1CCCC1C(=O)NC(CC(C)C)C(=O)NC(Cc1cncn1CCCCCCCCc1ccccc1)C(=O)NC(CO)C(=O)NC(C(N)=O)C(C)OP(=O)(O)OCCc1ccco1. The number of furan rings is 1. The van der Waals surface area contributed by atoms with Crippen LogP contribution in [0.5, 0.6) is 0 Å². The van der Waals surface area contributed by atoms with Crippen molar-refractivity contribution in [1.82, 2.24) is 35.7 Å². The number of phosphoric ester groups is 1. The number of rotatable bonds is 30. The summed E-state index contributed by atoms with van der Waals surface area (Å²) in [4.78, 5) is 96.2. The molecule has 7 atom stereocenters. The van der Waals surface area contributed by atoms with Gasteiger partial charge in [-0.25, -0.2) is 9.55 Å². The van der Waals surface area contributed by atoms with Gasteiger partial charge in [-0.3, -0.25) is 37.8 Å². The molecule has 0 bridgehead atoms. The number of likely N-dealkylation sites (tertiary alicyclic amines) is 1. The lowest BCUT2D eigenvalue weighted by atomic mass is 10.0. The third-order valence-corrected chi connectivity index (χ3v) is 12.6. The van der Waals surface area contributed by atoms with E-state index in [1.165, 1.54) is 30.6 Å². The Morgan fingerprint density at radius 3 is 2.21 bits per heavy atom. The van der Waals surface area contributed by atoms with Crippen molar-refractivity contribution >= 4 is 43.3 Å². The second-order valence-electron chi connectivity index (χ2n) is 17.3. The molecule has 0 aliphatic carbocycles. The lowest BCUT2D eigenvalue weighted by molar-refractivity contribution is -0.139. The summed E-state index contributed by atoms with van der Waals surface area (Å²) in [5.74, 6) is -4.23. The number of hydrogen-bond donors (Lipinski definition) is 7. The maximum Gasteiger partial charge on any atom is 0.472 e. The second-order valence-corrected chi connectivity index (χ2v) is 18.7. The summed E-state index contributed by atoms with van der Waals surface area (Å²) in [6, 6.07) is 6.96. The number of aliphatic hydroxyl groups excluding tert-OH is 1. The average molecular weight is 957 g/mol. The van der Waals surface area contributed by atoms with Gasteiger partial charge in [0.05, 0.1) is 31.9 Å². The molecular weight excluding hydrogens is 888 g/mol. The highest BCUT2D eigenvalue weighted by atomic mass is 31.2. The Hall–Kier alpha value is -5.40. The number of nitrogens with one attached hydrogen (secondary N) is 4. The zero-order chi connectivity index (χ0) is 48.9. The minimum Gasteiger partial charge on any atom is -0.469 e. The zero-order valence-corrected chi connectivity index (χ0v) is 39.9. The summed E-state index contributed by atoms with van der Waals surface area (Å²) in [6.07, 6.45) is 11.5. The lowest BCUT2D eigenvalue weighted by Gasteiger charge is -2.28. The van der Waals surface area contributed by atoms with Crippen LogP contribution in [0.3, 0.4) is 0 Å². The number of benzene rings is 1. The van der Waals surface area contributed by atoms with Crippen LogP contribution in [0.4, 0.5) is 0 Å². The number of primary amides is 1. The van der Waals surface area contributed by atoms with Gasteiger partial charge in [0, 0.05) is 44.7 Å². The first-order valence-corrected chi connectivity index (χ1v) is 24.6. The van der Waals surface area contributed by atoms with E-state index in [9.17, 15) is 43.3 Å². The predicted octanol–water partition coefficient (Wildman–Crippen LogP) is 2.84. The molecule has 1 aromatic carbocycles. The Labute approximate surface area is 392 Å². The van der Waals surface area contributed by atoms with Gasteiger partial charge in [-0.05, 0) is 69.1 Å². The Morgan fingerprint density at radius 1 is 0.881 bits per heavy atom. The Morgan fingerprint density at radius 2 is 1.55 bits per heavy atom. The highest BCUT2D eigenvalue weighted by molar-refractivity contribution is 7.47. The predicted molar refractivity (Wildman–Crippen MR) is 246 cm³/mol. The normalized spacial score (nSPS) is 16.9. The number of amides is 6. The van der Waals surface area contributed by atoms with Crippen LogP contribution in [-0.2, 0) is 68.2 Å².